The van der Waals surface area contributed by atoms with Crippen LogP contribution in [0.3, 0.4) is 0 Å². The molecule has 3 nitrogen and oxygen atoms in total. The van der Waals surface area contributed by atoms with Gasteiger partial charge in [0.2, 0.25) is 5.91 Å². The highest BCUT2D eigenvalue weighted by atomic mass is 16.2. The summed E-state index contributed by atoms with van der Waals surface area (Å²) >= 11 is 0. The van der Waals surface area contributed by atoms with Crippen LogP contribution in [0.25, 0.3) is 0 Å². The fourth-order valence-electron chi connectivity index (χ4n) is 3.65. The summed E-state index contributed by atoms with van der Waals surface area (Å²) in [5.74, 6) is 0.773. The summed E-state index contributed by atoms with van der Waals surface area (Å²) < 4.78 is 0. The highest BCUT2D eigenvalue weighted by molar-refractivity contribution is 5.79. The van der Waals surface area contributed by atoms with Gasteiger partial charge in [-0.15, -0.1) is 0 Å². The lowest BCUT2D eigenvalue weighted by molar-refractivity contribution is -0.137. The number of nitrogens with zero attached hydrogens (tertiary/aromatic N) is 1. The van der Waals surface area contributed by atoms with Crippen LogP contribution >= 0.6 is 0 Å². The van der Waals surface area contributed by atoms with Crippen molar-refractivity contribution in [2.45, 2.75) is 77.2 Å². The molecule has 0 bridgehead atoms. The van der Waals surface area contributed by atoms with Crippen LogP contribution in [0.4, 0.5) is 0 Å². The number of nitrogens with one attached hydrogen (secondary N) is 1. The highest BCUT2D eigenvalue weighted by Gasteiger charge is 2.28. The minimum atomic E-state index is 0.320. The van der Waals surface area contributed by atoms with Crippen molar-refractivity contribution < 1.29 is 4.79 Å². The van der Waals surface area contributed by atoms with Crippen molar-refractivity contribution in [3.63, 3.8) is 0 Å². The normalized spacial score (nSPS) is 26.1. The third-order valence-corrected chi connectivity index (χ3v) is 4.87. The first-order valence-electron chi connectivity index (χ1n) is 8.83. The largest absolute Gasteiger partial charge is 0.341 e. The molecule has 20 heavy (non-hydrogen) atoms. The Kier molecular flexibility index (Phi) is 6.85. The number of carbonyl (C=O) groups excluding carboxylic acids is 1. The zero-order chi connectivity index (χ0) is 14.2. The summed E-state index contributed by atoms with van der Waals surface area (Å²) in [6, 6.07) is 0.529. The monoisotopic (exact) mass is 280 g/mol. The van der Waals surface area contributed by atoms with Gasteiger partial charge in [-0.1, -0.05) is 39.0 Å². The van der Waals surface area contributed by atoms with E-state index in [1.54, 1.807) is 0 Å². The van der Waals surface area contributed by atoms with Gasteiger partial charge in [-0.3, -0.25) is 4.79 Å². The Balaban J connectivity index is 1.83. The lowest BCUT2D eigenvalue weighted by Gasteiger charge is -2.36. The Morgan fingerprint density at radius 3 is 2.45 bits per heavy atom. The molecule has 1 aliphatic heterocycles. The molecule has 0 radical (unpaired) electrons. The average Bonchev–Trinajstić information content (AvgIpc) is 2.44. The molecule has 1 heterocycles. The fraction of sp³-hybridized carbons (Fsp3) is 0.941. The minimum absolute atomic E-state index is 0.320. The molecular formula is C17H32N2O. The molecule has 0 aromatic carbocycles. The van der Waals surface area contributed by atoms with Crippen molar-refractivity contribution in [2.24, 2.45) is 5.92 Å². The number of hydrogen-bond donors (Lipinski definition) is 1. The first-order chi connectivity index (χ1) is 9.81. The molecule has 0 aromatic heterocycles. The second-order valence-corrected chi connectivity index (χ2v) is 6.62. The van der Waals surface area contributed by atoms with E-state index in [0.29, 0.717) is 17.9 Å². The highest BCUT2D eigenvalue weighted by Crippen LogP contribution is 2.25. The van der Waals surface area contributed by atoms with E-state index in [9.17, 15) is 4.79 Å². The SMILES string of the molecule is CCCNC1CCCN(C(=O)C2CCCCCCC2)C1. The van der Waals surface area contributed by atoms with Gasteiger partial charge in [0.1, 0.15) is 0 Å². The molecule has 2 aliphatic rings. The van der Waals surface area contributed by atoms with E-state index in [-0.39, 0.29) is 0 Å². The second kappa shape index (κ2) is 8.66. The van der Waals surface area contributed by atoms with Crippen LogP contribution in [0, 0.1) is 5.92 Å². The number of hydrogen-bond acceptors (Lipinski definition) is 2. The summed E-state index contributed by atoms with van der Waals surface area (Å²) in [5, 5.41) is 3.59. The van der Waals surface area contributed by atoms with Crippen LogP contribution in [-0.4, -0.2) is 36.5 Å². The smallest absolute Gasteiger partial charge is 0.225 e. The van der Waals surface area contributed by atoms with E-state index in [1.165, 1.54) is 51.4 Å². The molecule has 2 rings (SSSR count). The van der Waals surface area contributed by atoms with Crippen LogP contribution in [0.1, 0.15) is 71.1 Å². The molecule has 116 valence electrons. The summed E-state index contributed by atoms with van der Waals surface area (Å²) in [6.07, 6.45) is 12.3. The predicted molar refractivity (Wildman–Crippen MR) is 83.7 cm³/mol. The van der Waals surface area contributed by atoms with Crippen molar-refractivity contribution in [3.8, 4) is 0 Å². The first-order valence-corrected chi connectivity index (χ1v) is 8.83. The number of rotatable bonds is 4. The van der Waals surface area contributed by atoms with Crippen molar-refractivity contribution in [1.29, 1.82) is 0 Å². The quantitative estimate of drug-likeness (QED) is 0.856. The maximum absolute atomic E-state index is 12.7. The van der Waals surface area contributed by atoms with E-state index in [2.05, 4.69) is 17.1 Å². The summed E-state index contributed by atoms with van der Waals surface area (Å²) in [4.78, 5) is 14.9. The van der Waals surface area contributed by atoms with E-state index in [0.717, 1.165) is 32.5 Å². The number of piperidine rings is 1. The maximum Gasteiger partial charge on any atom is 0.225 e. The summed E-state index contributed by atoms with van der Waals surface area (Å²) in [6.45, 7) is 5.21. The van der Waals surface area contributed by atoms with E-state index < -0.39 is 0 Å². The number of likely N-dealkylation sites (tertiary alicyclic amines) is 1. The summed E-state index contributed by atoms with van der Waals surface area (Å²) in [5.41, 5.74) is 0. The first kappa shape index (κ1) is 15.8. The van der Waals surface area contributed by atoms with Gasteiger partial charge in [0, 0.05) is 25.0 Å². The third-order valence-electron chi connectivity index (χ3n) is 4.87. The van der Waals surface area contributed by atoms with E-state index >= 15 is 0 Å². The van der Waals surface area contributed by atoms with Crippen LogP contribution in [0.15, 0.2) is 0 Å². The topological polar surface area (TPSA) is 32.3 Å². The van der Waals surface area contributed by atoms with Gasteiger partial charge in [-0.05, 0) is 38.6 Å². The number of carbonyl (C=O) groups is 1. The van der Waals surface area contributed by atoms with Crippen molar-refractivity contribution in [3.05, 3.63) is 0 Å². The van der Waals surface area contributed by atoms with Crippen LogP contribution < -0.4 is 5.32 Å². The molecule has 1 aliphatic carbocycles. The molecule has 1 saturated heterocycles. The predicted octanol–water partition coefficient (Wildman–Crippen LogP) is 3.34. The minimum Gasteiger partial charge on any atom is -0.341 e. The molecule has 0 spiro atoms. The van der Waals surface area contributed by atoms with Gasteiger partial charge in [-0.25, -0.2) is 0 Å². The molecule has 1 atom stereocenters. The standard InChI is InChI=1S/C17H32N2O/c1-2-12-18-16-11-8-13-19(14-16)17(20)15-9-6-4-3-5-7-10-15/h15-16,18H,2-14H2,1H3. The Morgan fingerprint density at radius 1 is 1.05 bits per heavy atom. The molecule has 1 unspecified atom stereocenters. The van der Waals surface area contributed by atoms with Crippen molar-refractivity contribution >= 4 is 5.91 Å². The fourth-order valence-corrected chi connectivity index (χ4v) is 3.65. The molecule has 1 amide bonds. The average molecular weight is 280 g/mol. The van der Waals surface area contributed by atoms with Crippen molar-refractivity contribution in [2.75, 3.05) is 19.6 Å². The lowest BCUT2D eigenvalue weighted by atomic mass is 9.89. The van der Waals surface area contributed by atoms with Gasteiger partial charge in [-0.2, -0.15) is 0 Å². The van der Waals surface area contributed by atoms with Crippen LogP contribution in [-0.2, 0) is 4.79 Å². The Labute approximate surface area is 124 Å². The Bertz CT molecular complexity index is 285. The third kappa shape index (κ3) is 4.76. The molecule has 1 saturated carbocycles. The van der Waals surface area contributed by atoms with Crippen LogP contribution in [0.2, 0.25) is 0 Å². The van der Waals surface area contributed by atoms with E-state index in [1.807, 2.05) is 0 Å². The Hall–Kier alpha value is -0.570. The van der Waals surface area contributed by atoms with Gasteiger partial charge >= 0.3 is 0 Å². The van der Waals surface area contributed by atoms with Gasteiger partial charge < -0.3 is 10.2 Å². The zero-order valence-electron chi connectivity index (χ0n) is 13.2. The molecule has 3 heteroatoms. The summed E-state index contributed by atoms with van der Waals surface area (Å²) in [7, 11) is 0. The van der Waals surface area contributed by atoms with E-state index in [4.69, 9.17) is 0 Å². The lowest BCUT2D eigenvalue weighted by Crippen LogP contribution is -2.49. The molecular weight excluding hydrogens is 248 g/mol. The van der Waals surface area contributed by atoms with Crippen molar-refractivity contribution in [1.82, 2.24) is 10.2 Å². The van der Waals surface area contributed by atoms with Gasteiger partial charge in [0.25, 0.3) is 0 Å². The van der Waals surface area contributed by atoms with Gasteiger partial charge in [0.05, 0.1) is 0 Å². The molecule has 2 fully saturated rings. The Morgan fingerprint density at radius 2 is 1.75 bits per heavy atom. The zero-order valence-corrected chi connectivity index (χ0v) is 13.2. The second-order valence-electron chi connectivity index (χ2n) is 6.62. The molecule has 1 N–H and O–H groups in total. The molecule has 0 aromatic rings. The number of amides is 1. The maximum atomic E-state index is 12.7. The van der Waals surface area contributed by atoms with Gasteiger partial charge in [0.15, 0.2) is 0 Å². The van der Waals surface area contributed by atoms with Crippen LogP contribution in [0.5, 0.6) is 0 Å².